The summed E-state index contributed by atoms with van der Waals surface area (Å²) in [6.07, 6.45) is 28.6. The van der Waals surface area contributed by atoms with Gasteiger partial charge >= 0.3 is 0 Å². The predicted molar refractivity (Wildman–Crippen MR) is 148 cm³/mol. The zero-order valence-electron chi connectivity index (χ0n) is 22.8. The Hall–Kier alpha value is -1.60. The largest absolute Gasteiger partial charge is 0.392 e. The van der Waals surface area contributed by atoms with Gasteiger partial charge in [-0.2, -0.15) is 0 Å². The van der Waals surface area contributed by atoms with Crippen LogP contribution < -0.4 is 0 Å². The molecule has 0 spiro atoms. The molecular formula is C32H52O. The summed E-state index contributed by atoms with van der Waals surface area (Å²) in [5, 5.41) is 8.80. The monoisotopic (exact) mass is 452 g/mol. The molecule has 0 bridgehead atoms. The molecule has 2 atom stereocenters. The van der Waals surface area contributed by atoms with Crippen LogP contribution in [0.3, 0.4) is 0 Å². The number of aliphatic hydroxyl groups is 1. The number of aliphatic hydroxyl groups excluding tert-OH is 1. The molecule has 33 heavy (non-hydrogen) atoms. The van der Waals surface area contributed by atoms with E-state index in [0.717, 1.165) is 30.3 Å². The number of hydrogen-bond acceptors (Lipinski definition) is 1. The van der Waals surface area contributed by atoms with Crippen LogP contribution in [0.25, 0.3) is 0 Å². The van der Waals surface area contributed by atoms with Crippen LogP contribution in [0.1, 0.15) is 106 Å². The molecule has 1 rings (SSSR count). The van der Waals surface area contributed by atoms with Gasteiger partial charge in [-0.25, -0.2) is 0 Å². The number of hydrogen-bond donors (Lipinski definition) is 1. The Morgan fingerprint density at radius 2 is 1.55 bits per heavy atom. The highest BCUT2D eigenvalue weighted by molar-refractivity contribution is 5.26. The third-order valence-electron chi connectivity index (χ3n) is 7.38. The highest BCUT2D eigenvalue weighted by atomic mass is 16.2. The highest BCUT2D eigenvalue weighted by Crippen LogP contribution is 2.46. The fourth-order valence-corrected chi connectivity index (χ4v) is 5.20. The van der Waals surface area contributed by atoms with Crippen molar-refractivity contribution in [1.82, 2.24) is 0 Å². The third kappa shape index (κ3) is 13.0. The minimum absolute atomic E-state index is 0.0922. The summed E-state index contributed by atoms with van der Waals surface area (Å²) < 4.78 is 0. The van der Waals surface area contributed by atoms with Gasteiger partial charge in [-0.3, -0.25) is 0 Å². The van der Waals surface area contributed by atoms with Crippen LogP contribution in [-0.4, -0.2) is 11.7 Å². The number of rotatable bonds is 13. The Bertz CT molecular complexity index is 738. The molecule has 0 aromatic rings. The molecule has 0 heterocycles. The summed E-state index contributed by atoms with van der Waals surface area (Å²) in [6, 6.07) is 0. The average Bonchev–Trinajstić information content (AvgIpc) is 2.74. The summed E-state index contributed by atoms with van der Waals surface area (Å²) in [5.41, 5.74) is 6.05. The molecule has 186 valence electrons. The minimum atomic E-state index is 0.0922. The zero-order valence-corrected chi connectivity index (χ0v) is 22.8. The van der Waals surface area contributed by atoms with Crippen molar-refractivity contribution in [1.29, 1.82) is 0 Å². The van der Waals surface area contributed by atoms with Crippen molar-refractivity contribution in [3.05, 3.63) is 70.9 Å². The molecule has 1 heteroatoms. The van der Waals surface area contributed by atoms with Crippen molar-refractivity contribution in [2.24, 2.45) is 17.3 Å². The van der Waals surface area contributed by atoms with Crippen LogP contribution >= 0.6 is 0 Å². The molecule has 0 aliphatic heterocycles. The molecule has 1 aliphatic rings. The van der Waals surface area contributed by atoms with E-state index in [2.05, 4.69) is 78.0 Å². The van der Waals surface area contributed by atoms with Gasteiger partial charge in [0.1, 0.15) is 0 Å². The summed E-state index contributed by atoms with van der Waals surface area (Å²) in [4.78, 5) is 0. The summed E-state index contributed by atoms with van der Waals surface area (Å²) in [5.74, 6) is 1.76. The molecule has 1 saturated carbocycles. The second kappa shape index (κ2) is 16.1. The van der Waals surface area contributed by atoms with E-state index in [1.807, 2.05) is 13.0 Å². The first kappa shape index (κ1) is 29.4. The second-order valence-corrected chi connectivity index (χ2v) is 11.0. The van der Waals surface area contributed by atoms with Gasteiger partial charge in [-0.05, 0) is 89.9 Å². The Kier molecular flexibility index (Phi) is 14.4. The van der Waals surface area contributed by atoms with E-state index in [9.17, 15) is 0 Å². The molecule has 1 nitrogen and oxygen atoms in total. The zero-order chi connectivity index (χ0) is 24.7. The lowest BCUT2D eigenvalue weighted by Gasteiger charge is -2.43. The molecule has 1 N–H and O–H groups in total. The summed E-state index contributed by atoms with van der Waals surface area (Å²) in [7, 11) is 0. The van der Waals surface area contributed by atoms with E-state index in [1.54, 1.807) is 11.6 Å². The first-order valence-electron chi connectivity index (χ1n) is 13.3. The van der Waals surface area contributed by atoms with Gasteiger partial charge in [0, 0.05) is 0 Å². The van der Waals surface area contributed by atoms with Crippen molar-refractivity contribution >= 4 is 0 Å². The van der Waals surface area contributed by atoms with Gasteiger partial charge in [0.15, 0.2) is 0 Å². The third-order valence-corrected chi connectivity index (χ3v) is 7.38. The van der Waals surface area contributed by atoms with Crippen molar-refractivity contribution in [3.8, 4) is 0 Å². The molecule has 0 aromatic heterocycles. The van der Waals surface area contributed by atoms with E-state index in [4.69, 9.17) is 5.11 Å². The van der Waals surface area contributed by atoms with Gasteiger partial charge in [0.05, 0.1) is 6.61 Å². The van der Waals surface area contributed by atoms with Crippen LogP contribution in [0, 0.1) is 17.3 Å². The normalized spacial score (nSPS) is 23.2. The lowest BCUT2D eigenvalue weighted by molar-refractivity contribution is 0.0767. The van der Waals surface area contributed by atoms with E-state index in [-0.39, 0.29) is 6.61 Å². The predicted octanol–water partition coefficient (Wildman–Crippen LogP) is 9.68. The van der Waals surface area contributed by atoms with Crippen molar-refractivity contribution in [3.63, 3.8) is 0 Å². The maximum absolute atomic E-state index is 8.80. The molecule has 2 unspecified atom stereocenters. The molecule has 0 aromatic carbocycles. The Morgan fingerprint density at radius 1 is 0.879 bits per heavy atom. The average molecular weight is 453 g/mol. The van der Waals surface area contributed by atoms with Crippen LogP contribution in [0.2, 0.25) is 0 Å². The van der Waals surface area contributed by atoms with E-state index in [0.29, 0.717) is 5.41 Å². The van der Waals surface area contributed by atoms with Crippen molar-refractivity contribution in [2.75, 3.05) is 6.61 Å². The smallest absolute Gasteiger partial charge is 0.0615 e. The molecular weight excluding hydrogens is 400 g/mol. The summed E-state index contributed by atoms with van der Waals surface area (Å²) >= 11 is 0. The fourth-order valence-electron chi connectivity index (χ4n) is 5.20. The van der Waals surface area contributed by atoms with Crippen LogP contribution in [0.5, 0.6) is 0 Å². The quantitative estimate of drug-likeness (QED) is 0.167. The van der Waals surface area contributed by atoms with Gasteiger partial charge in [-0.1, -0.05) is 105 Å². The highest BCUT2D eigenvalue weighted by Gasteiger charge is 2.36. The van der Waals surface area contributed by atoms with E-state index in [1.165, 1.54) is 56.1 Å². The molecule has 0 saturated heterocycles. The lowest BCUT2D eigenvalue weighted by atomic mass is 9.62. The van der Waals surface area contributed by atoms with Crippen LogP contribution in [-0.2, 0) is 0 Å². The Balaban J connectivity index is 2.33. The Morgan fingerprint density at radius 3 is 2.24 bits per heavy atom. The fraction of sp³-hybridized carbons (Fsp3) is 0.625. The van der Waals surface area contributed by atoms with E-state index >= 15 is 0 Å². The number of unbranched alkanes of at least 4 members (excludes halogenated alkanes) is 1. The molecule has 1 fully saturated rings. The molecule has 0 radical (unpaired) electrons. The SMILES string of the molecule is CC(/C=C/CO)=C\C=C\C(C)=C\CC/C=C(\C)CC/C=C(\C)CCC1C(C)CCCC1(C)C. The molecule has 0 amide bonds. The van der Waals surface area contributed by atoms with E-state index < -0.39 is 0 Å². The van der Waals surface area contributed by atoms with Gasteiger partial charge in [-0.15, -0.1) is 0 Å². The van der Waals surface area contributed by atoms with Gasteiger partial charge < -0.3 is 5.11 Å². The topological polar surface area (TPSA) is 20.2 Å². The standard InChI is InChI=1S/C32H52O/c1-26(16-10-18-28(3)20-13-25-33)14-8-9-15-27(2)17-11-19-29(4)22-23-31-30(5)21-12-24-32(31,6)7/h10,13-16,18-20,30-31,33H,8-9,11-12,17,21-25H2,1-7H3/b16-10+,20-13+,26-14+,27-15+,28-18+,29-19+. The van der Waals surface area contributed by atoms with Crippen LogP contribution in [0.15, 0.2) is 70.9 Å². The first-order valence-corrected chi connectivity index (χ1v) is 13.3. The minimum Gasteiger partial charge on any atom is -0.392 e. The maximum atomic E-state index is 8.80. The second-order valence-electron chi connectivity index (χ2n) is 11.0. The molecule has 1 aliphatic carbocycles. The maximum Gasteiger partial charge on any atom is 0.0615 e. The lowest BCUT2D eigenvalue weighted by Crippen LogP contribution is -2.33. The summed E-state index contributed by atoms with van der Waals surface area (Å²) in [6.45, 7) is 16.4. The van der Waals surface area contributed by atoms with Crippen molar-refractivity contribution < 1.29 is 5.11 Å². The van der Waals surface area contributed by atoms with Gasteiger partial charge in [0.25, 0.3) is 0 Å². The van der Waals surface area contributed by atoms with Crippen LogP contribution in [0.4, 0.5) is 0 Å². The number of allylic oxidation sites excluding steroid dienone is 11. The first-order chi connectivity index (χ1) is 15.7. The Labute approximate surface area is 206 Å². The van der Waals surface area contributed by atoms with Gasteiger partial charge in [0.2, 0.25) is 0 Å². The van der Waals surface area contributed by atoms with Crippen molar-refractivity contribution in [2.45, 2.75) is 106 Å².